The Morgan fingerprint density at radius 2 is 1.84 bits per heavy atom. The molecule has 1 heterocycles. The fourth-order valence-electron chi connectivity index (χ4n) is 2.11. The smallest absolute Gasteiger partial charge is 0.369 e. The molecule has 0 atom stereocenters. The number of aromatic nitrogens is 2. The third-order valence-corrected chi connectivity index (χ3v) is 3.67. The third-order valence-electron chi connectivity index (χ3n) is 3.67. The second-order valence-electron chi connectivity index (χ2n) is 5.99. The molecule has 0 N–H and O–H groups in total. The van der Waals surface area contributed by atoms with Gasteiger partial charge in [0, 0.05) is 26.3 Å². The Kier molecular flexibility index (Phi) is 5.17. The second-order valence-corrected chi connectivity index (χ2v) is 5.99. The number of carbonyl (C=O) groups is 1. The molecule has 2 rings (SSSR count). The zero-order chi connectivity index (χ0) is 18.8. The van der Waals surface area contributed by atoms with Crippen molar-refractivity contribution in [3.05, 3.63) is 35.7 Å². The summed E-state index contributed by atoms with van der Waals surface area (Å²) >= 11 is 0. The number of carbonyl (C=O) groups excluding carboxylic acids is 1. The minimum absolute atomic E-state index is 0.149. The summed E-state index contributed by atoms with van der Waals surface area (Å²) in [5.74, 6) is -1.73. The molecule has 0 saturated heterocycles. The maximum absolute atomic E-state index is 12.5. The zero-order valence-electron chi connectivity index (χ0n) is 14.2. The Morgan fingerprint density at radius 3 is 2.32 bits per heavy atom. The standard InChI is InChI=1S/C16H18F3N3O3/c1-15(2,24-4)14(23)22(3)9-10-5-7-11(8-6-10)12-20-13(25-21-12)16(17,18)19/h5-8H,9H2,1-4H3. The first-order valence-corrected chi connectivity index (χ1v) is 7.35. The summed E-state index contributed by atoms with van der Waals surface area (Å²) in [6, 6.07) is 6.51. The van der Waals surface area contributed by atoms with Crippen LogP contribution in [0.25, 0.3) is 11.4 Å². The van der Waals surface area contributed by atoms with Crippen LogP contribution in [-0.2, 0) is 22.3 Å². The molecule has 0 saturated carbocycles. The predicted molar refractivity (Wildman–Crippen MR) is 82.3 cm³/mol. The minimum Gasteiger partial charge on any atom is -0.369 e. The highest BCUT2D eigenvalue weighted by Crippen LogP contribution is 2.29. The molecule has 9 heteroatoms. The largest absolute Gasteiger partial charge is 0.471 e. The van der Waals surface area contributed by atoms with Crippen molar-refractivity contribution < 1.29 is 27.2 Å². The van der Waals surface area contributed by atoms with E-state index in [4.69, 9.17) is 4.74 Å². The van der Waals surface area contributed by atoms with Crippen molar-refractivity contribution >= 4 is 5.91 Å². The maximum Gasteiger partial charge on any atom is 0.471 e. The molecule has 0 radical (unpaired) electrons. The van der Waals surface area contributed by atoms with Gasteiger partial charge in [-0.3, -0.25) is 4.79 Å². The van der Waals surface area contributed by atoms with Gasteiger partial charge in [-0.2, -0.15) is 18.2 Å². The molecular formula is C16H18F3N3O3. The number of rotatable bonds is 5. The van der Waals surface area contributed by atoms with Crippen LogP contribution in [0.2, 0.25) is 0 Å². The molecule has 0 fully saturated rings. The van der Waals surface area contributed by atoms with Gasteiger partial charge in [0.25, 0.3) is 5.91 Å². The lowest BCUT2D eigenvalue weighted by Gasteiger charge is -2.28. The SMILES string of the molecule is COC(C)(C)C(=O)N(C)Cc1ccc(-c2noc(C(F)(F)F)n2)cc1. The summed E-state index contributed by atoms with van der Waals surface area (Å²) in [4.78, 5) is 17.1. The Bertz CT molecular complexity index is 739. The highest BCUT2D eigenvalue weighted by Gasteiger charge is 2.38. The lowest BCUT2D eigenvalue weighted by atomic mass is 10.1. The van der Waals surface area contributed by atoms with Crippen molar-refractivity contribution in [2.75, 3.05) is 14.2 Å². The Morgan fingerprint density at radius 1 is 1.24 bits per heavy atom. The molecule has 6 nitrogen and oxygen atoms in total. The van der Waals surface area contributed by atoms with Crippen LogP contribution in [0.5, 0.6) is 0 Å². The van der Waals surface area contributed by atoms with Gasteiger partial charge < -0.3 is 14.2 Å². The number of likely N-dealkylation sites (N-methyl/N-ethyl adjacent to an activating group) is 1. The molecule has 0 aliphatic carbocycles. The molecule has 0 aliphatic heterocycles. The molecule has 0 aliphatic rings. The summed E-state index contributed by atoms with van der Waals surface area (Å²) in [5.41, 5.74) is 0.244. The number of amides is 1. The number of hydrogen-bond donors (Lipinski definition) is 0. The average molecular weight is 357 g/mol. The summed E-state index contributed by atoms with van der Waals surface area (Å²) in [7, 11) is 3.10. The van der Waals surface area contributed by atoms with E-state index in [-0.39, 0.29) is 11.7 Å². The molecule has 136 valence electrons. The minimum atomic E-state index is -4.68. The number of alkyl halides is 3. The fraction of sp³-hybridized carbons (Fsp3) is 0.438. The third kappa shape index (κ3) is 4.36. The normalized spacial score (nSPS) is 12.3. The fourth-order valence-corrected chi connectivity index (χ4v) is 2.11. The number of hydrogen-bond acceptors (Lipinski definition) is 5. The predicted octanol–water partition coefficient (Wildman–Crippen LogP) is 3.14. The molecule has 0 bridgehead atoms. The van der Waals surface area contributed by atoms with Gasteiger partial charge in [0.15, 0.2) is 0 Å². The number of methoxy groups -OCH3 is 1. The highest BCUT2D eigenvalue weighted by atomic mass is 19.4. The van der Waals surface area contributed by atoms with Gasteiger partial charge in [0.05, 0.1) is 0 Å². The molecule has 1 amide bonds. The number of benzene rings is 1. The molecule has 1 aromatic carbocycles. The van der Waals surface area contributed by atoms with Gasteiger partial charge in [-0.05, 0) is 19.4 Å². The lowest BCUT2D eigenvalue weighted by Crippen LogP contribution is -2.44. The van der Waals surface area contributed by atoms with Crippen LogP contribution in [0.1, 0.15) is 25.3 Å². The Hall–Kier alpha value is -2.42. The Balaban J connectivity index is 2.10. The van der Waals surface area contributed by atoms with Crippen molar-refractivity contribution in [3.63, 3.8) is 0 Å². The number of ether oxygens (including phenoxy) is 1. The molecule has 0 unspecified atom stereocenters. The van der Waals surface area contributed by atoms with Crippen LogP contribution < -0.4 is 0 Å². The van der Waals surface area contributed by atoms with E-state index in [1.54, 1.807) is 45.2 Å². The summed E-state index contributed by atoms with van der Waals surface area (Å²) < 4.78 is 46.8. The van der Waals surface area contributed by atoms with Crippen LogP contribution in [0.3, 0.4) is 0 Å². The van der Waals surface area contributed by atoms with Gasteiger partial charge >= 0.3 is 12.1 Å². The first-order chi connectivity index (χ1) is 11.5. The first-order valence-electron chi connectivity index (χ1n) is 7.35. The van der Waals surface area contributed by atoms with Crippen molar-refractivity contribution in [1.29, 1.82) is 0 Å². The van der Waals surface area contributed by atoms with Crippen molar-refractivity contribution in [1.82, 2.24) is 15.0 Å². The first kappa shape index (κ1) is 18.9. The molecule has 25 heavy (non-hydrogen) atoms. The quantitative estimate of drug-likeness (QED) is 0.822. The molecular weight excluding hydrogens is 339 g/mol. The lowest BCUT2D eigenvalue weighted by molar-refractivity contribution is -0.159. The van der Waals surface area contributed by atoms with E-state index in [9.17, 15) is 18.0 Å². The maximum atomic E-state index is 12.5. The van der Waals surface area contributed by atoms with Crippen LogP contribution in [-0.4, -0.2) is 40.7 Å². The van der Waals surface area contributed by atoms with Crippen LogP contribution in [0, 0.1) is 0 Å². The molecule has 2 aromatic rings. The van der Waals surface area contributed by atoms with Gasteiger partial charge in [0.2, 0.25) is 5.82 Å². The Labute approximate surface area is 142 Å². The molecule has 0 spiro atoms. The zero-order valence-corrected chi connectivity index (χ0v) is 14.2. The summed E-state index contributed by atoms with van der Waals surface area (Å²) in [6.07, 6.45) is -4.68. The average Bonchev–Trinajstić information content (AvgIpc) is 3.05. The summed E-state index contributed by atoms with van der Waals surface area (Å²) in [5, 5.41) is 3.33. The van der Waals surface area contributed by atoms with E-state index >= 15 is 0 Å². The number of nitrogens with zero attached hydrogens (tertiary/aromatic N) is 3. The van der Waals surface area contributed by atoms with Gasteiger partial charge in [-0.15, -0.1) is 0 Å². The van der Waals surface area contributed by atoms with Crippen LogP contribution in [0.15, 0.2) is 28.8 Å². The number of halogens is 3. The van der Waals surface area contributed by atoms with E-state index in [2.05, 4.69) is 14.7 Å². The van der Waals surface area contributed by atoms with E-state index in [1.807, 2.05) is 0 Å². The van der Waals surface area contributed by atoms with Gasteiger partial charge in [-0.1, -0.05) is 29.4 Å². The van der Waals surface area contributed by atoms with Crippen LogP contribution in [0.4, 0.5) is 13.2 Å². The monoisotopic (exact) mass is 357 g/mol. The van der Waals surface area contributed by atoms with Crippen molar-refractivity contribution in [2.45, 2.75) is 32.2 Å². The van der Waals surface area contributed by atoms with E-state index in [0.29, 0.717) is 12.1 Å². The van der Waals surface area contributed by atoms with Crippen molar-refractivity contribution in [2.24, 2.45) is 0 Å². The van der Waals surface area contributed by atoms with Gasteiger partial charge in [-0.25, -0.2) is 0 Å². The summed E-state index contributed by atoms with van der Waals surface area (Å²) in [6.45, 7) is 3.67. The van der Waals surface area contributed by atoms with E-state index in [0.717, 1.165) is 5.56 Å². The van der Waals surface area contributed by atoms with Crippen molar-refractivity contribution in [3.8, 4) is 11.4 Å². The highest BCUT2D eigenvalue weighted by molar-refractivity contribution is 5.84. The van der Waals surface area contributed by atoms with Gasteiger partial charge in [0.1, 0.15) is 5.60 Å². The van der Waals surface area contributed by atoms with Crippen LogP contribution >= 0.6 is 0 Å². The topological polar surface area (TPSA) is 68.5 Å². The second kappa shape index (κ2) is 6.83. The van der Waals surface area contributed by atoms with E-state index < -0.39 is 17.7 Å². The van der Waals surface area contributed by atoms with E-state index in [1.165, 1.54) is 12.0 Å². The molecule has 1 aromatic heterocycles.